The lowest BCUT2D eigenvalue weighted by Gasteiger charge is -2.34. The zero-order valence-corrected chi connectivity index (χ0v) is 15.4. The largest absolute Gasteiger partial charge is 0.394 e. The van der Waals surface area contributed by atoms with E-state index < -0.39 is 0 Å². The minimum atomic E-state index is -0.251. The molecule has 0 amide bonds. The maximum absolute atomic E-state index is 9.64. The molecule has 0 saturated carbocycles. The van der Waals surface area contributed by atoms with Gasteiger partial charge in [-0.25, -0.2) is 0 Å². The molecule has 3 atom stereocenters. The molecule has 0 aliphatic carbocycles. The summed E-state index contributed by atoms with van der Waals surface area (Å²) in [4.78, 5) is 2.38. The van der Waals surface area contributed by atoms with Gasteiger partial charge < -0.3 is 14.7 Å². The van der Waals surface area contributed by atoms with Crippen molar-refractivity contribution in [1.29, 1.82) is 0 Å². The molecule has 1 rings (SSSR count). The van der Waals surface area contributed by atoms with Crippen molar-refractivity contribution in [1.82, 2.24) is 10.2 Å². The zero-order chi connectivity index (χ0) is 16.8. The third kappa shape index (κ3) is 6.78. The number of aliphatic hydroxyl groups excluding tert-OH is 1. The molecule has 0 bridgehead atoms. The summed E-state index contributed by atoms with van der Waals surface area (Å²) in [6.45, 7) is 12.6. The molecule has 0 aromatic carbocycles. The SMILES string of the molecule is CCCCCN(C)C[C@@]1(C)C=C[C@H]([C@@H](CO)OC(C)(C)C)N1. The van der Waals surface area contributed by atoms with Crippen LogP contribution in [0, 0.1) is 0 Å². The number of ether oxygens (including phenoxy) is 1. The first-order valence-corrected chi connectivity index (χ1v) is 8.63. The molecule has 130 valence electrons. The Balaban J connectivity index is 2.50. The van der Waals surface area contributed by atoms with E-state index in [2.05, 4.69) is 43.3 Å². The fourth-order valence-corrected chi connectivity index (χ4v) is 3.06. The number of rotatable bonds is 9. The van der Waals surface area contributed by atoms with Crippen molar-refractivity contribution >= 4 is 0 Å². The van der Waals surface area contributed by atoms with Gasteiger partial charge in [0.15, 0.2) is 0 Å². The minimum Gasteiger partial charge on any atom is -0.394 e. The lowest BCUT2D eigenvalue weighted by atomic mass is 10.0. The van der Waals surface area contributed by atoms with Crippen LogP contribution in [0.4, 0.5) is 0 Å². The predicted molar refractivity (Wildman–Crippen MR) is 93.2 cm³/mol. The fraction of sp³-hybridized carbons (Fsp3) is 0.889. The van der Waals surface area contributed by atoms with Gasteiger partial charge in [-0.1, -0.05) is 31.9 Å². The summed E-state index contributed by atoms with van der Waals surface area (Å²) in [5, 5.41) is 13.3. The van der Waals surface area contributed by atoms with Crippen LogP contribution >= 0.6 is 0 Å². The number of hydrogen-bond acceptors (Lipinski definition) is 4. The molecule has 1 aliphatic heterocycles. The molecule has 0 saturated heterocycles. The summed E-state index contributed by atoms with van der Waals surface area (Å²) < 4.78 is 5.97. The molecule has 1 aliphatic rings. The van der Waals surface area contributed by atoms with Crippen molar-refractivity contribution < 1.29 is 9.84 Å². The van der Waals surface area contributed by atoms with Crippen LogP contribution in [0.5, 0.6) is 0 Å². The lowest BCUT2D eigenvalue weighted by molar-refractivity contribution is -0.0891. The van der Waals surface area contributed by atoms with Gasteiger partial charge in [0, 0.05) is 12.1 Å². The minimum absolute atomic E-state index is 0.0295. The lowest BCUT2D eigenvalue weighted by Crippen LogP contribution is -2.53. The topological polar surface area (TPSA) is 44.7 Å². The van der Waals surface area contributed by atoms with Crippen LogP contribution in [0.1, 0.15) is 53.9 Å². The van der Waals surface area contributed by atoms with Gasteiger partial charge >= 0.3 is 0 Å². The molecule has 0 fully saturated rings. The molecule has 0 aromatic heterocycles. The highest BCUT2D eigenvalue weighted by atomic mass is 16.5. The smallest absolute Gasteiger partial charge is 0.100 e. The second kappa shape index (κ2) is 8.44. The van der Waals surface area contributed by atoms with Gasteiger partial charge in [0.2, 0.25) is 0 Å². The highest BCUT2D eigenvalue weighted by Gasteiger charge is 2.35. The summed E-state index contributed by atoms with van der Waals surface area (Å²) in [5.74, 6) is 0. The van der Waals surface area contributed by atoms with E-state index >= 15 is 0 Å². The van der Waals surface area contributed by atoms with Crippen LogP contribution in [0.3, 0.4) is 0 Å². The van der Waals surface area contributed by atoms with Crippen LogP contribution in [0.2, 0.25) is 0 Å². The van der Waals surface area contributed by atoms with Crippen molar-refractivity contribution in [3.05, 3.63) is 12.2 Å². The highest BCUT2D eigenvalue weighted by Crippen LogP contribution is 2.22. The van der Waals surface area contributed by atoms with Crippen LogP contribution in [-0.2, 0) is 4.74 Å². The maximum Gasteiger partial charge on any atom is 0.100 e. The van der Waals surface area contributed by atoms with Crippen molar-refractivity contribution in [2.45, 2.75) is 77.2 Å². The average molecular weight is 312 g/mol. The Kier molecular flexibility index (Phi) is 7.53. The average Bonchev–Trinajstić information content (AvgIpc) is 2.77. The number of likely N-dealkylation sites (N-methyl/N-ethyl adjacent to an activating group) is 1. The molecule has 1 heterocycles. The number of unbranched alkanes of at least 4 members (excludes halogenated alkanes) is 2. The van der Waals surface area contributed by atoms with E-state index in [0.29, 0.717) is 0 Å². The van der Waals surface area contributed by atoms with Gasteiger partial charge in [-0.05, 0) is 47.7 Å². The van der Waals surface area contributed by atoms with E-state index in [1.165, 1.54) is 19.3 Å². The zero-order valence-electron chi connectivity index (χ0n) is 15.4. The third-order valence-corrected chi connectivity index (χ3v) is 3.99. The van der Waals surface area contributed by atoms with Gasteiger partial charge in [-0.15, -0.1) is 0 Å². The van der Waals surface area contributed by atoms with Crippen LogP contribution in [0.15, 0.2) is 12.2 Å². The van der Waals surface area contributed by atoms with Gasteiger partial charge in [0.1, 0.15) is 6.10 Å². The highest BCUT2D eigenvalue weighted by molar-refractivity contribution is 5.19. The second-order valence-electron chi connectivity index (χ2n) is 7.84. The number of nitrogens with zero attached hydrogens (tertiary/aromatic N) is 1. The Hall–Kier alpha value is -0.420. The number of hydrogen-bond donors (Lipinski definition) is 2. The molecule has 22 heavy (non-hydrogen) atoms. The van der Waals surface area contributed by atoms with E-state index in [1.807, 2.05) is 20.8 Å². The first-order valence-electron chi connectivity index (χ1n) is 8.63. The Morgan fingerprint density at radius 1 is 1.36 bits per heavy atom. The molecule has 4 heteroatoms. The van der Waals surface area contributed by atoms with Crippen LogP contribution in [-0.4, -0.2) is 60.0 Å². The van der Waals surface area contributed by atoms with E-state index in [0.717, 1.165) is 13.1 Å². The van der Waals surface area contributed by atoms with E-state index in [4.69, 9.17) is 4.74 Å². The van der Waals surface area contributed by atoms with Crippen molar-refractivity contribution in [3.8, 4) is 0 Å². The summed E-state index contributed by atoms with van der Waals surface area (Å²) in [7, 11) is 2.18. The van der Waals surface area contributed by atoms with Gasteiger partial charge in [0.25, 0.3) is 0 Å². The third-order valence-electron chi connectivity index (χ3n) is 3.99. The fourth-order valence-electron chi connectivity index (χ4n) is 3.06. The molecule has 0 spiro atoms. The molecular weight excluding hydrogens is 276 g/mol. The molecule has 4 nitrogen and oxygen atoms in total. The standard InChI is InChI=1S/C18H36N2O2/c1-7-8-9-12-20(6)14-18(5)11-10-15(19-18)16(13-21)22-17(2,3)4/h10-11,15-16,19,21H,7-9,12-14H2,1-6H3/t15-,16-,18-/m1/s1. The maximum atomic E-state index is 9.64. The number of aliphatic hydroxyl groups is 1. The van der Waals surface area contributed by atoms with Crippen molar-refractivity contribution in [2.24, 2.45) is 0 Å². The van der Waals surface area contributed by atoms with Crippen molar-refractivity contribution in [3.63, 3.8) is 0 Å². The van der Waals surface area contributed by atoms with Crippen LogP contribution < -0.4 is 5.32 Å². The van der Waals surface area contributed by atoms with Crippen LogP contribution in [0.25, 0.3) is 0 Å². The Labute approximate surface area is 136 Å². The Bertz CT molecular complexity index is 351. The molecule has 0 radical (unpaired) electrons. The molecular formula is C18H36N2O2. The van der Waals surface area contributed by atoms with E-state index in [-0.39, 0.29) is 29.9 Å². The first-order chi connectivity index (χ1) is 10.2. The molecule has 0 unspecified atom stereocenters. The normalized spacial score (nSPS) is 26.8. The van der Waals surface area contributed by atoms with E-state index in [9.17, 15) is 5.11 Å². The number of nitrogens with one attached hydrogen (secondary N) is 1. The molecule has 2 N–H and O–H groups in total. The van der Waals surface area contributed by atoms with Crippen molar-refractivity contribution in [2.75, 3.05) is 26.7 Å². The van der Waals surface area contributed by atoms with Gasteiger partial charge in [-0.2, -0.15) is 0 Å². The monoisotopic (exact) mass is 312 g/mol. The second-order valence-corrected chi connectivity index (χ2v) is 7.84. The Morgan fingerprint density at radius 2 is 2.05 bits per heavy atom. The van der Waals surface area contributed by atoms with Gasteiger partial charge in [-0.3, -0.25) is 5.32 Å². The summed E-state index contributed by atoms with van der Waals surface area (Å²) >= 11 is 0. The molecule has 0 aromatic rings. The summed E-state index contributed by atoms with van der Waals surface area (Å²) in [6.07, 6.45) is 7.97. The quantitative estimate of drug-likeness (QED) is 0.507. The van der Waals surface area contributed by atoms with E-state index in [1.54, 1.807) is 0 Å². The summed E-state index contributed by atoms with van der Waals surface area (Å²) in [5.41, 5.74) is -0.306. The Morgan fingerprint density at radius 3 is 2.59 bits per heavy atom. The predicted octanol–water partition coefficient (Wildman–Crippen LogP) is 2.57. The van der Waals surface area contributed by atoms with Gasteiger partial charge in [0.05, 0.1) is 18.2 Å². The first kappa shape index (κ1) is 19.6. The summed E-state index contributed by atoms with van der Waals surface area (Å²) in [6, 6.07) is 0.0678.